The van der Waals surface area contributed by atoms with E-state index in [0.29, 0.717) is 5.69 Å². The van der Waals surface area contributed by atoms with Crippen molar-refractivity contribution in [1.29, 1.82) is 0 Å². The number of sulfonamides is 1. The van der Waals surface area contributed by atoms with Crippen molar-refractivity contribution in [2.75, 3.05) is 4.72 Å². The van der Waals surface area contributed by atoms with Gasteiger partial charge in [0.25, 0.3) is 10.0 Å². The number of halogens is 1. The molecule has 0 amide bonds. The van der Waals surface area contributed by atoms with Crippen LogP contribution in [0.15, 0.2) is 46.0 Å². The number of anilines is 1. The van der Waals surface area contributed by atoms with Crippen LogP contribution in [-0.4, -0.2) is 13.4 Å². The molecule has 0 unspecified atom stereocenters. The largest absolute Gasteiger partial charge is 0.278 e. The van der Waals surface area contributed by atoms with Crippen LogP contribution in [0.3, 0.4) is 0 Å². The highest BCUT2D eigenvalue weighted by atomic mass is 79.9. The first kappa shape index (κ1) is 14.0. The zero-order valence-corrected chi connectivity index (χ0v) is 12.9. The maximum atomic E-state index is 12.2. The molecule has 1 heterocycles. The summed E-state index contributed by atoms with van der Waals surface area (Å²) in [5.74, 6) is 0. The lowest BCUT2D eigenvalue weighted by molar-refractivity contribution is 0.600. The number of aromatic nitrogens is 1. The third-order valence-electron chi connectivity index (χ3n) is 2.61. The second-order valence-corrected chi connectivity index (χ2v) is 6.77. The lowest BCUT2D eigenvalue weighted by Gasteiger charge is -2.13. The minimum atomic E-state index is -3.61. The van der Waals surface area contributed by atoms with Crippen molar-refractivity contribution >= 4 is 31.6 Å². The molecule has 0 atom stereocenters. The van der Waals surface area contributed by atoms with E-state index in [1.807, 2.05) is 26.0 Å². The fourth-order valence-corrected chi connectivity index (χ4v) is 3.76. The molecule has 0 aliphatic rings. The Morgan fingerprint density at radius 2 is 2.00 bits per heavy atom. The summed E-state index contributed by atoms with van der Waals surface area (Å²) in [6.07, 6.45) is 2.85. The molecule has 0 spiro atoms. The first-order valence-corrected chi connectivity index (χ1v) is 7.87. The smallest absolute Gasteiger partial charge is 0.263 e. The molecule has 0 saturated heterocycles. The van der Waals surface area contributed by atoms with Crippen LogP contribution in [0.5, 0.6) is 0 Å². The van der Waals surface area contributed by atoms with Gasteiger partial charge in [-0.2, -0.15) is 0 Å². The third-order valence-corrected chi connectivity index (χ3v) is 4.57. The van der Waals surface area contributed by atoms with E-state index < -0.39 is 10.0 Å². The summed E-state index contributed by atoms with van der Waals surface area (Å²) in [5, 5.41) is 0. The molecule has 1 aromatic heterocycles. The summed E-state index contributed by atoms with van der Waals surface area (Å²) in [6, 6.07) is 6.89. The average molecular weight is 341 g/mol. The number of hydrogen-bond donors (Lipinski definition) is 1. The van der Waals surface area contributed by atoms with Crippen LogP contribution in [0, 0.1) is 13.8 Å². The fourth-order valence-electron chi connectivity index (χ4n) is 1.74. The van der Waals surface area contributed by atoms with Gasteiger partial charge in [-0.1, -0.05) is 6.07 Å². The fraction of sp³-hybridized carbons (Fsp3) is 0.154. The van der Waals surface area contributed by atoms with Crippen LogP contribution < -0.4 is 4.72 Å². The van der Waals surface area contributed by atoms with Crippen molar-refractivity contribution in [3.05, 3.63) is 52.3 Å². The van der Waals surface area contributed by atoms with E-state index in [0.717, 1.165) is 15.6 Å². The Kier molecular flexibility index (Phi) is 3.91. The molecule has 100 valence electrons. The molecule has 0 aliphatic heterocycles. The van der Waals surface area contributed by atoms with Gasteiger partial charge in [0.05, 0.1) is 5.69 Å². The van der Waals surface area contributed by atoms with E-state index in [2.05, 4.69) is 25.6 Å². The standard InChI is InChI=1S/C13H13BrN2O2S/c1-9-6-10(2)13(12(14)7-9)16-19(17,18)11-4-3-5-15-8-11/h3-8,16H,1-2H3. The van der Waals surface area contributed by atoms with Gasteiger partial charge in [0, 0.05) is 16.9 Å². The molecule has 0 aliphatic carbocycles. The van der Waals surface area contributed by atoms with Crippen molar-refractivity contribution in [3.63, 3.8) is 0 Å². The maximum absolute atomic E-state index is 12.2. The van der Waals surface area contributed by atoms with Crippen molar-refractivity contribution in [2.24, 2.45) is 0 Å². The van der Waals surface area contributed by atoms with Gasteiger partial charge in [0.15, 0.2) is 0 Å². The highest BCUT2D eigenvalue weighted by molar-refractivity contribution is 9.10. The summed E-state index contributed by atoms with van der Waals surface area (Å²) in [7, 11) is -3.61. The predicted molar refractivity (Wildman–Crippen MR) is 78.7 cm³/mol. The number of aryl methyl sites for hydroxylation is 2. The lowest BCUT2D eigenvalue weighted by atomic mass is 10.1. The van der Waals surface area contributed by atoms with Crippen molar-refractivity contribution in [3.8, 4) is 0 Å². The first-order valence-electron chi connectivity index (χ1n) is 5.60. The molecule has 19 heavy (non-hydrogen) atoms. The van der Waals surface area contributed by atoms with E-state index in [-0.39, 0.29) is 4.90 Å². The van der Waals surface area contributed by atoms with Crippen LogP contribution >= 0.6 is 15.9 Å². The number of nitrogens with zero attached hydrogens (tertiary/aromatic N) is 1. The van der Waals surface area contributed by atoms with E-state index in [9.17, 15) is 8.42 Å². The molecule has 0 saturated carbocycles. The van der Waals surface area contributed by atoms with Crippen LogP contribution in [0.4, 0.5) is 5.69 Å². The van der Waals surface area contributed by atoms with Gasteiger partial charge >= 0.3 is 0 Å². The van der Waals surface area contributed by atoms with Crippen molar-refractivity contribution in [1.82, 2.24) is 4.98 Å². The quantitative estimate of drug-likeness (QED) is 0.932. The van der Waals surface area contributed by atoms with E-state index in [4.69, 9.17) is 0 Å². The number of pyridine rings is 1. The van der Waals surface area contributed by atoms with Gasteiger partial charge in [-0.15, -0.1) is 0 Å². The van der Waals surface area contributed by atoms with Crippen LogP contribution in [0.25, 0.3) is 0 Å². The molecule has 2 aromatic rings. The van der Waals surface area contributed by atoms with Gasteiger partial charge in [0.2, 0.25) is 0 Å². The zero-order chi connectivity index (χ0) is 14.0. The number of hydrogen-bond acceptors (Lipinski definition) is 3. The summed E-state index contributed by atoms with van der Waals surface area (Å²) in [5.41, 5.74) is 2.47. The number of nitrogens with one attached hydrogen (secondary N) is 1. The normalized spacial score (nSPS) is 11.3. The third kappa shape index (κ3) is 3.13. The second kappa shape index (κ2) is 5.30. The van der Waals surface area contributed by atoms with Crippen LogP contribution in [0.1, 0.15) is 11.1 Å². The topological polar surface area (TPSA) is 59.1 Å². The minimum Gasteiger partial charge on any atom is -0.278 e. The predicted octanol–water partition coefficient (Wildman–Crippen LogP) is 3.26. The molecule has 0 radical (unpaired) electrons. The Hall–Kier alpha value is -1.40. The van der Waals surface area contributed by atoms with Crippen LogP contribution in [0.2, 0.25) is 0 Å². The van der Waals surface area contributed by atoms with E-state index >= 15 is 0 Å². The Bertz CT molecular complexity index is 677. The highest BCUT2D eigenvalue weighted by Crippen LogP contribution is 2.29. The molecule has 1 aromatic carbocycles. The van der Waals surface area contributed by atoms with Gasteiger partial charge in [0.1, 0.15) is 4.90 Å². The molecule has 0 fully saturated rings. The summed E-state index contributed by atoms with van der Waals surface area (Å²) < 4.78 is 27.7. The van der Waals surface area contributed by atoms with Gasteiger partial charge < -0.3 is 0 Å². The number of rotatable bonds is 3. The SMILES string of the molecule is Cc1cc(C)c(NS(=O)(=O)c2cccnc2)c(Br)c1. The Morgan fingerprint density at radius 3 is 2.58 bits per heavy atom. The van der Waals surface area contributed by atoms with Gasteiger partial charge in [-0.25, -0.2) is 8.42 Å². The summed E-state index contributed by atoms with van der Waals surface area (Å²) in [6.45, 7) is 3.82. The summed E-state index contributed by atoms with van der Waals surface area (Å²) >= 11 is 3.38. The molecule has 0 bridgehead atoms. The second-order valence-electron chi connectivity index (χ2n) is 4.23. The minimum absolute atomic E-state index is 0.141. The first-order chi connectivity index (χ1) is 8.90. The Labute approximate surface area is 121 Å². The van der Waals surface area contributed by atoms with Gasteiger partial charge in [-0.3, -0.25) is 9.71 Å². The maximum Gasteiger partial charge on any atom is 0.263 e. The average Bonchev–Trinajstić information content (AvgIpc) is 2.35. The van der Waals surface area contributed by atoms with Crippen LogP contribution in [-0.2, 0) is 10.0 Å². The zero-order valence-electron chi connectivity index (χ0n) is 10.5. The van der Waals surface area contributed by atoms with E-state index in [1.165, 1.54) is 18.5 Å². The molecule has 4 nitrogen and oxygen atoms in total. The van der Waals surface area contributed by atoms with Crippen molar-refractivity contribution < 1.29 is 8.42 Å². The van der Waals surface area contributed by atoms with Crippen molar-refractivity contribution in [2.45, 2.75) is 18.7 Å². The number of benzene rings is 1. The molecule has 6 heteroatoms. The lowest BCUT2D eigenvalue weighted by Crippen LogP contribution is -2.14. The molecular weight excluding hydrogens is 328 g/mol. The molecule has 1 N–H and O–H groups in total. The van der Waals surface area contributed by atoms with E-state index in [1.54, 1.807) is 6.07 Å². The summed E-state index contributed by atoms with van der Waals surface area (Å²) in [4.78, 5) is 3.96. The highest BCUT2D eigenvalue weighted by Gasteiger charge is 2.17. The Balaban J connectivity index is 2.42. The monoisotopic (exact) mass is 340 g/mol. The van der Waals surface area contributed by atoms with Gasteiger partial charge in [-0.05, 0) is 59.1 Å². The molecular formula is C13H13BrN2O2S. The Morgan fingerprint density at radius 1 is 1.26 bits per heavy atom. The molecule has 2 rings (SSSR count).